The Balaban J connectivity index is 2.36. The Labute approximate surface area is 117 Å². The predicted molar refractivity (Wildman–Crippen MR) is 75.2 cm³/mol. The van der Waals surface area contributed by atoms with E-state index in [1.807, 2.05) is 31.6 Å². The Hall–Kier alpha value is -1.40. The largest absolute Gasteiger partial charge is 0.481 e. The van der Waals surface area contributed by atoms with E-state index in [4.69, 9.17) is 5.11 Å². The zero-order valence-electron chi connectivity index (χ0n) is 11.3. The van der Waals surface area contributed by atoms with Crippen LogP contribution in [-0.2, 0) is 9.59 Å². The molecule has 5 nitrogen and oxygen atoms in total. The maximum absolute atomic E-state index is 11.6. The zero-order chi connectivity index (χ0) is 14.3. The maximum atomic E-state index is 11.6. The lowest BCUT2D eigenvalue weighted by molar-refractivity contribution is -0.137. The summed E-state index contributed by atoms with van der Waals surface area (Å²) in [5.41, 5.74) is 0. The molecule has 0 aliphatic heterocycles. The predicted octanol–water partition coefficient (Wildman–Crippen LogP) is 1.72. The highest BCUT2D eigenvalue weighted by molar-refractivity contribution is 7.10. The number of carboxylic acids is 1. The molecule has 1 amide bonds. The quantitative estimate of drug-likeness (QED) is 0.762. The number of rotatable bonds is 8. The molecule has 0 saturated heterocycles. The van der Waals surface area contributed by atoms with E-state index >= 15 is 0 Å². The lowest BCUT2D eigenvalue weighted by Crippen LogP contribution is -2.34. The Morgan fingerprint density at radius 1 is 1.42 bits per heavy atom. The SMILES string of the molecule is CN(C)C(CNC(=O)CCCC(=O)O)c1cccs1. The van der Waals surface area contributed by atoms with E-state index in [9.17, 15) is 9.59 Å². The first kappa shape index (κ1) is 15.7. The van der Waals surface area contributed by atoms with Gasteiger partial charge in [-0.25, -0.2) is 0 Å². The van der Waals surface area contributed by atoms with Crippen molar-refractivity contribution >= 4 is 23.2 Å². The van der Waals surface area contributed by atoms with Crippen LogP contribution in [0.2, 0.25) is 0 Å². The van der Waals surface area contributed by atoms with Gasteiger partial charge in [-0.15, -0.1) is 11.3 Å². The van der Waals surface area contributed by atoms with Crippen LogP contribution in [-0.4, -0.2) is 42.5 Å². The number of nitrogens with one attached hydrogen (secondary N) is 1. The molecule has 0 radical (unpaired) electrons. The van der Waals surface area contributed by atoms with Crippen LogP contribution in [0.4, 0.5) is 0 Å². The average molecular weight is 284 g/mol. The number of hydrogen-bond donors (Lipinski definition) is 2. The molecular formula is C13H20N2O3S. The number of thiophene rings is 1. The summed E-state index contributed by atoms with van der Waals surface area (Å²) in [5.74, 6) is -0.956. The van der Waals surface area contributed by atoms with Gasteiger partial charge in [-0.05, 0) is 32.0 Å². The van der Waals surface area contributed by atoms with Gasteiger partial charge < -0.3 is 15.3 Å². The van der Waals surface area contributed by atoms with E-state index in [1.54, 1.807) is 11.3 Å². The third-order valence-corrected chi connectivity index (χ3v) is 3.76. The maximum Gasteiger partial charge on any atom is 0.303 e. The van der Waals surface area contributed by atoms with Gasteiger partial charge in [0.05, 0.1) is 6.04 Å². The topological polar surface area (TPSA) is 69.6 Å². The molecule has 19 heavy (non-hydrogen) atoms. The second kappa shape index (κ2) is 7.91. The van der Waals surface area contributed by atoms with Crippen molar-refractivity contribution in [2.24, 2.45) is 0 Å². The highest BCUT2D eigenvalue weighted by Crippen LogP contribution is 2.22. The molecular weight excluding hydrogens is 264 g/mol. The smallest absolute Gasteiger partial charge is 0.303 e. The number of hydrogen-bond acceptors (Lipinski definition) is 4. The Kier molecular flexibility index (Phi) is 6.52. The van der Waals surface area contributed by atoms with Crippen LogP contribution in [0.5, 0.6) is 0 Å². The van der Waals surface area contributed by atoms with Crippen LogP contribution < -0.4 is 5.32 Å². The molecule has 1 aromatic rings. The van der Waals surface area contributed by atoms with Gasteiger partial charge >= 0.3 is 5.97 Å². The third kappa shape index (κ3) is 5.85. The molecule has 6 heteroatoms. The van der Waals surface area contributed by atoms with Crippen molar-refractivity contribution in [2.45, 2.75) is 25.3 Å². The number of likely N-dealkylation sites (N-methyl/N-ethyl adjacent to an activating group) is 1. The molecule has 0 aliphatic carbocycles. The molecule has 1 rings (SSSR count). The van der Waals surface area contributed by atoms with Gasteiger partial charge in [0.1, 0.15) is 0 Å². The van der Waals surface area contributed by atoms with Crippen molar-refractivity contribution < 1.29 is 14.7 Å². The van der Waals surface area contributed by atoms with Crippen LogP contribution in [0.25, 0.3) is 0 Å². The summed E-state index contributed by atoms with van der Waals surface area (Å²) >= 11 is 1.66. The minimum Gasteiger partial charge on any atom is -0.481 e. The fraction of sp³-hybridized carbons (Fsp3) is 0.538. The van der Waals surface area contributed by atoms with Gasteiger partial charge in [-0.2, -0.15) is 0 Å². The molecule has 0 bridgehead atoms. The van der Waals surface area contributed by atoms with Gasteiger partial charge in [0.2, 0.25) is 5.91 Å². The van der Waals surface area contributed by atoms with Crippen molar-refractivity contribution in [3.05, 3.63) is 22.4 Å². The molecule has 0 aliphatic rings. The van der Waals surface area contributed by atoms with Crippen LogP contribution >= 0.6 is 11.3 Å². The Morgan fingerprint density at radius 2 is 2.16 bits per heavy atom. The van der Waals surface area contributed by atoms with E-state index in [0.29, 0.717) is 13.0 Å². The molecule has 106 valence electrons. The lowest BCUT2D eigenvalue weighted by atomic mass is 10.2. The summed E-state index contributed by atoms with van der Waals surface area (Å²) in [7, 11) is 3.95. The Morgan fingerprint density at radius 3 is 2.68 bits per heavy atom. The minimum atomic E-state index is -0.863. The number of carbonyl (C=O) groups is 2. The molecule has 1 atom stereocenters. The normalized spacial score (nSPS) is 12.4. The fourth-order valence-electron chi connectivity index (χ4n) is 1.72. The van der Waals surface area contributed by atoms with Gasteiger partial charge in [0.25, 0.3) is 0 Å². The minimum absolute atomic E-state index is 0.0372. The molecule has 0 fully saturated rings. The molecule has 1 heterocycles. The van der Waals surface area contributed by atoms with Crippen LogP contribution in [0, 0.1) is 0 Å². The zero-order valence-corrected chi connectivity index (χ0v) is 12.1. The summed E-state index contributed by atoms with van der Waals surface area (Å²) in [5, 5.41) is 13.4. The molecule has 0 saturated carbocycles. The molecule has 1 unspecified atom stereocenters. The molecule has 2 N–H and O–H groups in total. The van der Waals surface area contributed by atoms with Crippen LogP contribution in [0.15, 0.2) is 17.5 Å². The van der Waals surface area contributed by atoms with E-state index < -0.39 is 5.97 Å². The summed E-state index contributed by atoms with van der Waals surface area (Å²) in [6, 6.07) is 4.19. The van der Waals surface area contributed by atoms with Gasteiger partial charge in [0.15, 0.2) is 0 Å². The van der Waals surface area contributed by atoms with Crippen molar-refractivity contribution in [2.75, 3.05) is 20.6 Å². The highest BCUT2D eigenvalue weighted by Gasteiger charge is 2.16. The first-order valence-electron chi connectivity index (χ1n) is 6.19. The second-order valence-electron chi connectivity index (χ2n) is 4.55. The van der Waals surface area contributed by atoms with E-state index in [-0.39, 0.29) is 24.8 Å². The molecule has 0 aromatic carbocycles. The standard InChI is InChI=1S/C13H20N2O3S/c1-15(2)10(11-5-4-8-19-11)9-14-12(16)6-3-7-13(17)18/h4-5,8,10H,3,6-7,9H2,1-2H3,(H,14,16)(H,17,18). The van der Waals surface area contributed by atoms with E-state index in [1.165, 1.54) is 4.88 Å². The number of amides is 1. The highest BCUT2D eigenvalue weighted by atomic mass is 32.1. The van der Waals surface area contributed by atoms with Crippen LogP contribution in [0.1, 0.15) is 30.2 Å². The molecule has 1 aromatic heterocycles. The summed E-state index contributed by atoms with van der Waals surface area (Å²) in [6.07, 6.45) is 0.680. The first-order valence-corrected chi connectivity index (χ1v) is 7.07. The fourth-order valence-corrected chi connectivity index (χ4v) is 2.64. The number of carboxylic acid groups (broad SMARTS) is 1. The van der Waals surface area contributed by atoms with Crippen molar-refractivity contribution in [1.29, 1.82) is 0 Å². The average Bonchev–Trinajstić information content (AvgIpc) is 2.82. The monoisotopic (exact) mass is 284 g/mol. The van der Waals surface area contributed by atoms with Gasteiger partial charge in [0, 0.05) is 24.3 Å². The third-order valence-electron chi connectivity index (χ3n) is 2.78. The van der Waals surface area contributed by atoms with Crippen molar-refractivity contribution in [3.8, 4) is 0 Å². The summed E-state index contributed by atoms with van der Waals surface area (Å²) < 4.78 is 0. The number of carbonyl (C=O) groups excluding carboxylic acids is 1. The first-order chi connectivity index (χ1) is 9.00. The Bertz CT molecular complexity index is 404. The van der Waals surface area contributed by atoms with Crippen LogP contribution in [0.3, 0.4) is 0 Å². The van der Waals surface area contributed by atoms with Crippen molar-refractivity contribution in [1.82, 2.24) is 10.2 Å². The summed E-state index contributed by atoms with van der Waals surface area (Å²) in [6.45, 7) is 0.541. The van der Waals surface area contributed by atoms with Crippen molar-refractivity contribution in [3.63, 3.8) is 0 Å². The van der Waals surface area contributed by atoms with Gasteiger partial charge in [-0.1, -0.05) is 6.07 Å². The van der Waals surface area contributed by atoms with E-state index in [2.05, 4.69) is 10.2 Å². The van der Waals surface area contributed by atoms with E-state index in [0.717, 1.165) is 0 Å². The lowest BCUT2D eigenvalue weighted by Gasteiger charge is -2.23. The number of nitrogens with zero attached hydrogens (tertiary/aromatic N) is 1. The summed E-state index contributed by atoms with van der Waals surface area (Å²) in [4.78, 5) is 25.2. The number of aliphatic carboxylic acids is 1. The van der Waals surface area contributed by atoms with Gasteiger partial charge in [-0.3, -0.25) is 9.59 Å². The molecule has 0 spiro atoms. The second-order valence-corrected chi connectivity index (χ2v) is 5.53.